The molecule has 0 bridgehead atoms. The van der Waals surface area contributed by atoms with Crippen LogP contribution in [0.4, 0.5) is 5.69 Å². The van der Waals surface area contributed by atoms with E-state index in [2.05, 4.69) is 5.43 Å². The van der Waals surface area contributed by atoms with Crippen molar-refractivity contribution in [3.05, 3.63) is 77.5 Å². The monoisotopic (exact) mass is 326 g/mol. The summed E-state index contributed by atoms with van der Waals surface area (Å²) in [5, 5.41) is 2.22. The molecule has 3 aromatic rings. The Labute approximate surface area is 139 Å². The zero-order valence-electron chi connectivity index (χ0n) is 12.5. The van der Waals surface area contributed by atoms with Crippen LogP contribution >= 0.6 is 11.6 Å². The predicted octanol–water partition coefficient (Wildman–Crippen LogP) is 4.38. The third kappa shape index (κ3) is 3.38. The van der Waals surface area contributed by atoms with Gasteiger partial charge in [-0.1, -0.05) is 41.9 Å². The highest BCUT2D eigenvalue weighted by Crippen LogP contribution is 2.29. The molecule has 1 amide bonds. The van der Waals surface area contributed by atoms with Crippen molar-refractivity contribution in [2.24, 2.45) is 0 Å². The second-order valence-electron chi connectivity index (χ2n) is 4.98. The van der Waals surface area contributed by atoms with Gasteiger partial charge in [0.1, 0.15) is 5.76 Å². The number of rotatable bonds is 4. The van der Waals surface area contributed by atoms with E-state index in [1.807, 2.05) is 48.5 Å². The van der Waals surface area contributed by atoms with Crippen molar-refractivity contribution in [1.82, 2.24) is 5.43 Å². The molecule has 0 saturated heterocycles. The van der Waals surface area contributed by atoms with Gasteiger partial charge in [0, 0.05) is 12.6 Å². The Morgan fingerprint density at radius 2 is 1.70 bits per heavy atom. The number of amides is 1. The Morgan fingerprint density at radius 1 is 1.00 bits per heavy atom. The van der Waals surface area contributed by atoms with E-state index in [0.29, 0.717) is 10.8 Å². The van der Waals surface area contributed by atoms with Gasteiger partial charge in [0.2, 0.25) is 0 Å². The lowest BCUT2D eigenvalue weighted by Crippen LogP contribution is -2.39. The van der Waals surface area contributed by atoms with Gasteiger partial charge in [0.25, 0.3) is 0 Å². The summed E-state index contributed by atoms with van der Waals surface area (Å²) in [5.74, 6) is 0.459. The summed E-state index contributed by atoms with van der Waals surface area (Å²) in [6, 6.07) is 20.2. The molecule has 0 aliphatic rings. The highest BCUT2D eigenvalue weighted by atomic mass is 35.5. The van der Waals surface area contributed by atoms with E-state index >= 15 is 0 Å². The second-order valence-corrected chi connectivity index (χ2v) is 5.39. The molecule has 23 heavy (non-hydrogen) atoms. The molecule has 1 heterocycles. The lowest BCUT2D eigenvalue weighted by Gasteiger charge is -2.19. The Hall–Kier alpha value is -2.72. The molecule has 0 atom stereocenters. The largest absolute Gasteiger partial charge is 0.451 e. The van der Waals surface area contributed by atoms with Crippen LogP contribution < -0.4 is 10.4 Å². The first-order valence-corrected chi connectivity index (χ1v) is 7.47. The smallest absolute Gasteiger partial charge is 0.305 e. The first-order valence-electron chi connectivity index (χ1n) is 7.09. The second kappa shape index (κ2) is 6.58. The molecule has 1 N–H and O–H groups in total. The molecule has 0 aliphatic carbocycles. The van der Waals surface area contributed by atoms with Crippen molar-refractivity contribution in [2.75, 3.05) is 12.1 Å². The molecule has 0 spiro atoms. The van der Waals surface area contributed by atoms with Gasteiger partial charge in [-0.3, -0.25) is 15.2 Å². The summed E-state index contributed by atoms with van der Waals surface area (Å²) in [4.78, 5) is 12.3. The van der Waals surface area contributed by atoms with Gasteiger partial charge in [0.05, 0.1) is 10.7 Å². The van der Waals surface area contributed by atoms with Crippen LogP contribution in [0.15, 0.2) is 71.1 Å². The molecule has 1 aromatic heterocycles. The SMILES string of the molecule is CN(NC(=O)c1ccc(-c2ccccc2Cl)o1)c1ccccc1. The minimum atomic E-state index is -0.324. The topological polar surface area (TPSA) is 45.5 Å². The molecule has 2 aromatic carbocycles. The summed E-state index contributed by atoms with van der Waals surface area (Å²) in [6.07, 6.45) is 0. The number of carbonyl (C=O) groups excluding carboxylic acids is 1. The fraction of sp³-hybridized carbons (Fsp3) is 0.0556. The number of benzene rings is 2. The zero-order valence-corrected chi connectivity index (χ0v) is 13.2. The van der Waals surface area contributed by atoms with Crippen LogP contribution in [0.1, 0.15) is 10.6 Å². The maximum absolute atomic E-state index is 12.3. The van der Waals surface area contributed by atoms with Gasteiger partial charge >= 0.3 is 5.91 Å². The number of hydrogen-bond donors (Lipinski definition) is 1. The number of para-hydroxylation sites is 1. The zero-order chi connectivity index (χ0) is 16.2. The van der Waals surface area contributed by atoms with Gasteiger partial charge in [0.15, 0.2) is 5.76 Å². The quantitative estimate of drug-likeness (QED) is 0.724. The number of anilines is 1. The van der Waals surface area contributed by atoms with E-state index in [1.165, 1.54) is 0 Å². The van der Waals surface area contributed by atoms with Crippen molar-refractivity contribution in [3.8, 4) is 11.3 Å². The molecule has 0 unspecified atom stereocenters. The Bertz CT molecular complexity index is 815. The highest BCUT2D eigenvalue weighted by molar-refractivity contribution is 6.33. The van der Waals surface area contributed by atoms with E-state index in [4.69, 9.17) is 16.0 Å². The Balaban J connectivity index is 1.75. The first-order chi connectivity index (χ1) is 11.1. The molecular weight excluding hydrogens is 312 g/mol. The lowest BCUT2D eigenvalue weighted by atomic mass is 10.2. The summed E-state index contributed by atoms with van der Waals surface area (Å²) >= 11 is 6.14. The average molecular weight is 327 g/mol. The number of hydrazine groups is 1. The van der Waals surface area contributed by atoms with Crippen LogP contribution in [0.3, 0.4) is 0 Å². The summed E-state index contributed by atoms with van der Waals surface area (Å²) in [6.45, 7) is 0. The van der Waals surface area contributed by atoms with Crippen LogP contribution in [0.2, 0.25) is 5.02 Å². The third-order valence-electron chi connectivity index (χ3n) is 3.38. The van der Waals surface area contributed by atoms with Crippen molar-refractivity contribution < 1.29 is 9.21 Å². The van der Waals surface area contributed by atoms with E-state index in [-0.39, 0.29) is 11.7 Å². The minimum Gasteiger partial charge on any atom is -0.451 e. The van der Waals surface area contributed by atoms with Crippen molar-refractivity contribution >= 4 is 23.2 Å². The van der Waals surface area contributed by atoms with Crippen LogP contribution in [0.25, 0.3) is 11.3 Å². The van der Waals surface area contributed by atoms with Gasteiger partial charge < -0.3 is 4.42 Å². The van der Waals surface area contributed by atoms with Crippen LogP contribution in [-0.4, -0.2) is 13.0 Å². The maximum Gasteiger partial charge on any atom is 0.305 e. The number of halogens is 1. The molecule has 5 heteroatoms. The van der Waals surface area contributed by atoms with Gasteiger partial charge in [-0.15, -0.1) is 0 Å². The Kier molecular flexibility index (Phi) is 4.35. The molecule has 116 valence electrons. The normalized spacial score (nSPS) is 10.3. The fourth-order valence-corrected chi connectivity index (χ4v) is 2.42. The van der Waals surface area contributed by atoms with Crippen LogP contribution in [0.5, 0.6) is 0 Å². The summed E-state index contributed by atoms with van der Waals surface area (Å²) < 4.78 is 5.63. The summed E-state index contributed by atoms with van der Waals surface area (Å²) in [7, 11) is 1.77. The van der Waals surface area contributed by atoms with E-state index in [0.717, 1.165) is 11.3 Å². The number of nitrogens with one attached hydrogen (secondary N) is 1. The molecule has 0 fully saturated rings. The molecule has 0 saturated carbocycles. The molecule has 4 nitrogen and oxygen atoms in total. The standard InChI is InChI=1S/C18H15ClN2O2/c1-21(13-7-3-2-4-8-13)20-18(22)17-12-11-16(23-17)14-9-5-6-10-15(14)19/h2-12H,1H3,(H,20,22). The molecule has 0 aliphatic heterocycles. The van der Waals surface area contributed by atoms with Gasteiger partial charge in [-0.05, 0) is 36.4 Å². The molecule has 0 radical (unpaired) electrons. The Morgan fingerprint density at radius 3 is 2.43 bits per heavy atom. The average Bonchev–Trinajstić information content (AvgIpc) is 3.06. The number of hydrogen-bond acceptors (Lipinski definition) is 3. The van der Waals surface area contributed by atoms with Crippen LogP contribution in [-0.2, 0) is 0 Å². The minimum absolute atomic E-state index is 0.225. The fourth-order valence-electron chi connectivity index (χ4n) is 2.19. The lowest BCUT2D eigenvalue weighted by molar-refractivity contribution is 0.0924. The molecule has 3 rings (SSSR count). The number of nitrogens with zero attached hydrogens (tertiary/aromatic N) is 1. The first kappa shape index (κ1) is 15.2. The molecular formula is C18H15ClN2O2. The third-order valence-corrected chi connectivity index (χ3v) is 3.71. The number of furan rings is 1. The number of carbonyl (C=O) groups is 1. The maximum atomic E-state index is 12.3. The van der Waals surface area contributed by atoms with E-state index < -0.39 is 0 Å². The van der Waals surface area contributed by atoms with Crippen molar-refractivity contribution in [3.63, 3.8) is 0 Å². The van der Waals surface area contributed by atoms with E-state index in [9.17, 15) is 4.79 Å². The van der Waals surface area contributed by atoms with Crippen LogP contribution in [0, 0.1) is 0 Å². The van der Waals surface area contributed by atoms with E-state index in [1.54, 1.807) is 30.3 Å². The van der Waals surface area contributed by atoms with Crippen molar-refractivity contribution in [1.29, 1.82) is 0 Å². The van der Waals surface area contributed by atoms with Gasteiger partial charge in [-0.2, -0.15) is 0 Å². The highest BCUT2D eigenvalue weighted by Gasteiger charge is 2.15. The van der Waals surface area contributed by atoms with Gasteiger partial charge in [-0.25, -0.2) is 0 Å². The predicted molar refractivity (Wildman–Crippen MR) is 91.5 cm³/mol. The van der Waals surface area contributed by atoms with Crippen molar-refractivity contribution in [2.45, 2.75) is 0 Å². The summed E-state index contributed by atoms with van der Waals surface area (Å²) in [5.41, 5.74) is 4.39.